The Morgan fingerprint density at radius 1 is 1.36 bits per heavy atom. The zero-order chi connectivity index (χ0) is 16.1. The van der Waals surface area contributed by atoms with E-state index in [9.17, 15) is 14.9 Å². The molecule has 0 aliphatic heterocycles. The van der Waals surface area contributed by atoms with Gasteiger partial charge in [0.15, 0.2) is 0 Å². The fraction of sp³-hybridized carbons (Fsp3) is 0.733. The summed E-state index contributed by atoms with van der Waals surface area (Å²) in [5, 5.41) is 16.0. The van der Waals surface area contributed by atoms with Crippen LogP contribution in [0.15, 0.2) is 0 Å². The van der Waals surface area contributed by atoms with E-state index in [0.717, 1.165) is 38.5 Å². The molecule has 1 fully saturated rings. The van der Waals surface area contributed by atoms with Crippen LogP contribution in [0.2, 0.25) is 0 Å². The Morgan fingerprint density at radius 3 is 2.59 bits per heavy atom. The lowest BCUT2D eigenvalue weighted by molar-refractivity contribution is -0.386. The second-order valence-corrected chi connectivity index (χ2v) is 5.62. The van der Waals surface area contributed by atoms with Crippen molar-refractivity contribution in [1.29, 1.82) is 0 Å². The normalized spacial score (nSPS) is 15.7. The number of carbonyl (C=O) groups excluding carboxylic acids is 1. The highest BCUT2D eigenvalue weighted by Crippen LogP contribution is 2.38. The largest absolute Gasteiger partial charge is 0.461 e. The van der Waals surface area contributed by atoms with Gasteiger partial charge in [0.2, 0.25) is 5.69 Å². The molecule has 1 aliphatic rings. The summed E-state index contributed by atoms with van der Waals surface area (Å²) in [6.07, 6.45) is 5.80. The standard InChI is InChI=1S/C15H23N3O4/c1-3-10-17-14(15(19)22-4-2)13(18(20)21)12(16-17)11-8-6-5-7-9-11/h11H,3-10H2,1-2H3. The molecule has 22 heavy (non-hydrogen) atoms. The quantitative estimate of drug-likeness (QED) is 0.456. The molecule has 1 aromatic rings. The van der Waals surface area contributed by atoms with Gasteiger partial charge in [-0.1, -0.05) is 26.2 Å². The highest BCUT2D eigenvalue weighted by molar-refractivity contribution is 5.92. The molecule has 0 aromatic carbocycles. The summed E-state index contributed by atoms with van der Waals surface area (Å²) >= 11 is 0. The van der Waals surface area contributed by atoms with Gasteiger partial charge in [-0.3, -0.25) is 14.8 Å². The number of carbonyl (C=O) groups is 1. The highest BCUT2D eigenvalue weighted by Gasteiger charge is 2.36. The SMILES string of the molecule is CCCn1nc(C2CCCCC2)c([N+](=O)[O-])c1C(=O)OCC. The summed E-state index contributed by atoms with van der Waals surface area (Å²) in [6, 6.07) is 0. The van der Waals surface area contributed by atoms with Gasteiger partial charge in [0.25, 0.3) is 0 Å². The van der Waals surface area contributed by atoms with Crippen molar-refractivity contribution < 1.29 is 14.5 Å². The van der Waals surface area contributed by atoms with Gasteiger partial charge < -0.3 is 4.74 Å². The predicted molar refractivity (Wildman–Crippen MR) is 81.0 cm³/mol. The maximum Gasteiger partial charge on any atom is 0.363 e. The molecule has 7 nitrogen and oxygen atoms in total. The van der Waals surface area contributed by atoms with Crippen LogP contribution in [0.5, 0.6) is 0 Å². The molecule has 0 atom stereocenters. The summed E-state index contributed by atoms with van der Waals surface area (Å²) in [6.45, 7) is 4.29. The van der Waals surface area contributed by atoms with E-state index in [-0.39, 0.29) is 23.9 Å². The van der Waals surface area contributed by atoms with E-state index in [1.165, 1.54) is 4.68 Å². The maximum atomic E-state index is 12.2. The number of nitrogens with zero attached hydrogens (tertiary/aromatic N) is 3. The number of nitro groups is 1. The molecule has 122 valence electrons. The van der Waals surface area contributed by atoms with Gasteiger partial charge in [-0.15, -0.1) is 0 Å². The van der Waals surface area contributed by atoms with Crippen molar-refractivity contribution in [1.82, 2.24) is 9.78 Å². The van der Waals surface area contributed by atoms with Gasteiger partial charge in [-0.05, 0) is 26.2 Å². The second-order valence-electron chi connectivity index (χ2n) is 5.62. The van der Waals surface area contributed by atoms with E-state index in [4.69, 9.17) is 4.74 Å². The smallest absolute Gasteiger partial charge is 0.363 e. The Labute approximate surface area is 129 Å². The molecular weight excluding hydrogens is 286 g/mol. The number of hydrogen-bond acceptors (Lipinski definition) is 5. The summed E-state index contributed by atoms with van der Waals surface area (Å²) in [5.74, 6) is -0.586. The third kappa shape index (κ3) is 3.28. The van der Waals surface area contributed by atoms with E-state index in [1.807, 2.05) is 6.92 Å². The fourth-order valence-corrected chi connectivity index (χ4v) is 3.08. The van der Waals surface area contributed by atoms with E-state index >= 15 is 0 Å². The van der Waals surface area contributed by atoms with Crippen LogP contribution in [0.1, 0.15) is 74.5 Å². The molecule has 1 aliphatic carbocycles. The summed E-state index contributed by atoms with van der Waals surface area (Å²) in [4.78, 5) is 23.3. The zero-order valence-corrected chi connectivity index (χ0v) is 13.2. The summed E-state index contributed by atoms with van der Waals surface area (Å²) in [7, 11) is 0. The first-order chi connectivity index (χ1) is 10.6. The lowest BCUT2D eigenvalue weighted by Crippen LogP contribution is -2.14. The first kappa shape index (κ1) is 16.5. The lowest BCUT2D eigenvalue weighted by atomic mass is 9.86. The Balaban J connectivity index is 2.50. The first-order valence-electron chi connectivity index (χ1n) is 8.02. The lowest BCUT2D eigenvalue weighted by Gasteiger charge is -2.18. The zero-order valence-electron chi connectivity index (χ0n) is 13.2. The van der Waals surface area contributed by atoms with Gasteiger partial charge in [0.05, 0.1) is 11.5 Å². The number of aryl methyl sites for hydroxylation is 1. The van der Waals surface area contributed by atoms with Crippen LogP contribution >= 0.6 is 0 Å². The number of ether oxygens (including phenoxy) is 1. The van der Waals surface area contributed by atoms with Crippen molar-refractivity contribution in [3.63, 3.8) is 0 Å². The predicted octanol–water partition coefficient (Wildman–Crippen LogP) is 3.43. The van der Waals surface area contributed by atoms with Crippen molar-refractivity contribution in [3.05, 3.63) is 21.5 Å². The summed E-state index contributed by atoms with van der Waals surface area (Å²) in [5.41, 5.74) is 0.300. The van der Waals surface area contributed by atoms with Crippen LogP contribution in [0.4, 0.5) is 5.69 Å². The maximum absolute atomic E-state index is 12.2. The number of rotatable bonds is 6. The number of esters is 1. The minimum atomic E-state index is -0.655. The van der Waals surface area contributed by atoms with Crippen LogP contribution in [0.3, 0.4) is 0 Å². The second kappa shape index (κ2) is 7.38. The van der Waals surface area contributed by atoms with Crippen molar-refractivity contribution in [2.45, 2.75) is 64.8 Å². The minimum absolute atomic E-state index is 0.00530. The van der Waals surface area contributed by atoms with Crippen molar-refractivity contribution in [2.75, 3.05) is 6.61 Å². The molecule has 0 bridgehead atoms. The number of hydrogen-bond donors (Lipinski definition) is 0. The number of aromatic nitrogens is 2. The monoisotopic (exact) mass is 309 g/mol. The van der Waals surface area contributed by atoms with Crippen LogP contribution in [0, 0.1) is 10.1 Å². The molecule has 1 saturated carbocycles. The molecule has 1 heterocycles. The Hall–Kier alpha value is -1.92. The van der Waals surface area contributed by atoms with Crippen LogP contribution in [-0.2, 0) is 11.3 Å². The highest BCUT2D eigenvalue weighted by atomic mass is 16.6. The molecule has 0 unspecified atom stereocenters. The van der Waals surface area contributed by atoms with Gasteiger partial charge in [-0.25, -0.2) is 4.79 Å². The average molecular weight is 309 g/mol. The first-order valence-corrected chi connectivity index (χ1v) is 8.02. The third-order valence-electron chi connectivity index (χ3n) is 4.03. The van der Waals surface area contributed by atoms with Crippen molar-refractivity contribution in [2.24, 2.45) is 0 Å². The molecular formula is C15H23N3O4. The molecule has 0 saturated heterocycles. The summed E-state index contributed by atoms with van der Waals surface area (Å²) < 4.78 is 6.46. The van der Waals surface area contributed by atoms with Crippen molar-refractivity contribution >= 4 is 11.7 Å². The Kier molecular flexibility index (Phi) is 5.51. The molecule has 0 amide bonds. The van der Waals surface area contributed by atoms with Gasteiger partial charge in [0, 0.05) is 12.5 Å². The van der Waals surface area contributed by atoms with Crippen LogP contribution < -0.4 is 0 Å². The van der Waals surface area contributed by atoms with E-state index < -0.39 is 10.9 Å². The Morgan fingerprint density at radius 2 is 2.05 bits per heavy atom. The topological polar surface area (TPSA) is 87.3 Å². The molecule has 0 spiro atoms. The van der Waals surface area contributed by atoms with E-state index in [2.05, 4.69) is 5.10 Å². The fourth-order valence-electron chi connectivity index (χ4n) is 3.08. The minimum Gasteiger partial charge on any atom is -0.461 e. The van der Waals surface area contributed by atoms with Crippen molar-refractivity contribution in [3.8, 4) is 0 Å². The average Bonchev–Trinajstić information content (AvgIpc) is 2.88. The molecule has 2 rings (SSSR count). The van der Waals surface area contributed by atoms with E-state index in [1.54, 1.807) is 6.92 Å². The third-order valence-corrected chi connectivity index (χ3v) is 4.03. The molecule has 7 heteroatoms. The Bertz CT molecular complexity index is 547. The van der Waals surface area contributed by atoms with E-state index in [0.29, 0.717) is 12.2 Å². The molecule has 0 radical (unpaired) electrons. The molecule has 0 N–H and O–H groups in total. The van der Waals surface area contributed by atoms with Crippen LogP contribution in [0.25, 0.3) is 0 Å². The van der Waals surface area contributed by atoms with Gasteiger partial charge in [-0.2, -0.15) is 5.10 Å². The van der Waals surface area contributed by atoms with Crippen LogP contribution in [-0.4, -0.2) is 27.3 Å². The van der Waals surface area contributed by atoms with Gasteiger partial charge in [0.1, 0.15) is 5.69 Å². The van der Waals surface area contributed by atoms with Gasteiger partial charge >= 0.3 is 11.7 Å². The molecule has 1 aromatic heterocycles.